The van der Waals surface area contributed by atoms with Crippen LogP contribution in [-0.2, 0) is 6.54 Å². The van der Waals surface area contributed by atoms with Gasteiger partial charge in [-0.05, 0) is 24.6 Å². The van der Waals surface area contributed by atoms with Gasteiger partial charge in [0.2, 0.25) is 0 Å². The Bertz CT molecular complexity index is 522. The van der Waals surface area contributed by atoms with Crippen molar-refractivity contribution in [3.05, 3.63) is 34.7 Å². The fraction of sp³-hybridized carbons (Fsp3) is 0.400. The Morgan fingerprint density at radius 2 is 2.21 bits per heavy atom. The van der Waals surface area contributed by atoms with Gasteiger partial charge in [-0.3, -0.25) is 0 Å². The van der Waals surface area contributed by atoms with Crippen molar-refractivity contribution in [1.29, 1.82) is 0 Å². The molecule has 0 saturated carbocycles. The van der Waals surface area contributed by atoms with Crippen LogP contribution in [0.3, 0.4) is 0 Å². The van der Waals surface area contributed by atoms with E-state index in [1.54, 1.807) is 18.4 Å². The van der Waals surface area contributed by atoms with Crippen molar-refractivity contribution < 1.29 is 4.74 Å². The van der Waals surface area contributed by atoms with Gasteiger partial charge in [0.1, 0.15) is 10.8 Å². The van der Waals surface area contributed by atoms with Crippen LogP contribution in [0.15, 0.2) is 29.6 Å². The van der Waals surface area contributed by atoms with E-state index < -0.39 is 0 Å². The molecule has 4 heteroatoms. The predicted molar refractivity (Wildman–Crippen MR) is 80.6 cm³/mol. The molecule has 1 aromatic heterocycles. The van der Waals surface area contributed by atoms with Crippen LogP contribution >= 0.6 is 11.3 Å². The van der Waals surface area contributed by atoms with E-state index in [1.807, 2.05) is 18.2 Å². The highest BCUT2D eigenvalue weighted by molar-refractivity contribution is 7.09. The average molecular weight is 276 g/mol. The Labute approximate surface area is 118 Å². The van der Waals surface area contributed by atoms with E-state index in [0.29, 0.717) is 5.92 Å². The lowest BCUT2D eigenvalue weighted by molar-refractivity contribution is 0.415. The van der Waals surface area contributed by atoms with Gasteiger partial charge in [-0.1, -0.05) is 26.0 Å². The third-order valence-electron chi connectivity index (χ3n) is 2.75. The molecule has 0 bridgehead atoms. The van der Waals surface area contributed by atoms with Gasteiger partial charge in [0.25, 0.3) is 0 Å². The van der Waals surface area contributed by atoms with E-state index in [1.165, 1.54) is 0 Å². The summed E-state index contributed by atoms with van der Waals surface area (Å²) in [5.74, 6) is 1.53. The molecule has 0 aliphatic carbocycles. The van der Waals surface area contributed by atoms with E-state index in [2.05, 4.69) is 35.6 Å². The van der Waals surface area contributed by atoms with Crippen LogP contribution in [0.2, 0.25) is 0 Å². The molecule has 0 amide bonds. The quantitative estimate of drug-likeness (QED) is 0.876. The standard InChI is InChI=1S/C15H20N2OS/c1-11(2)8-16-9-15-17-14(10-19-15)12-5-4-6-13(7-12)18-3/h4-7,10-11,16H,8-9H2,1-3H3. The average Bonchev–Trinajstić information content (AvgIpc) is 2.87. The van der Waals surface area contributed by atoms with E-state index >= 15 is 0 Å². The van der Waals surface area contributed by atoms with Crippen molar-refractivity contribution in [3.63, 3.8) is 0 Å². The largest absolute Gasteiger partial charge is 0.497 e. The summed E-state index contributed by atoms with van der Waals surface area (Å²) in [4.78, 5) is 4.65. The molecule has 0 saturated heterocycles. The summed E-state index contributed by atoms with van der Waals surface area (Å²) in [5, 5.41) is 6.63. The molecule has 2 aromatic rings. The first-order valence-electron chi connectivity index (χ1n) is 6.48. The molecule has 0 radical (unpaired) electrons. The van der Waals surface area contributed by atoms with Gasteiger partial charge < -0.3 is 10.1 Å². The molecular formula is C15H20N2OS. The van der Waals surface area contributed by atoms with Crippen molar-refractivity contribution in [2.45, 2.75) is 20.4 Å². The molecule has 0 spiro atoms. The van der Waals surface area contributed by atoms with E-state index in [-0.39, 0.29) is 0 Å². The molecule has 102 valence electrons. The number of hydrogen-bond donors (Lipinski definition) is 1. The van der Waals surface area contributed by atoms with Crippen LogP contribution in [0.5, 0.6) is 5.75 Å². The maximum atomic E-state index is 5.24. The Morgan fingerprint density at radius 3 is 2.95 bits per heavy atom. The number of nitrogens with one attached hydrogen (secondary N) is 1. The molecule has 0 aliphatic heterocycles. The Balaban J connectivity index is 2.03. The SMILES string of the molecule is COc1cccc(-c2csc(CNCC(C)C)n2)c1. The van der Waals surface area contributed by atoms with Gasteiger partial charge >= 0.3 is 0 Å². The molecule has 2 rings (SSSR count). The van der Waals surface area contributed by atoms with Crippen LogP contribution in [0, 0.1) is 5.92 Å². The van der Waals surface area contributed by atoms with E-state index in [9.17, 15) is 0 Å². The summed E-state index contributed by atoms with van der Waals surface area (Å²) in [6.07, 6.45) is 0. The van der Waals surface area contributed by atoms with E-state index in [0.717, 1.165) is 35.1 Å². The molecular weight excluding hydrogens is 256 g/mol. The molecule has 1 aromatic carbocycles. The number of hydrogen-bond acceptors (Lipinski definition) is 4. The van der Waals surface area contributed by atoms with Crippen molar-refractivity contribution in [2.24, 2.45) is 5.92 Å². The minimum Gasteiger partial charge on any atom is -0.497 e. The fourth-order valence-electron chi connectivity index (χ4n) is 1.77. The Hall–Kier alpha value is -1.39. The lowest BCUT2D eigenvalue weighted by atomic mass is 10.2. The van der Waals surface area contributed by atoms with Crippen molar-refractivity contribution in [3.8, 4) is 17.0 Å². The highest BCUT2D eigenvalue weighted by Gasteiger charge is 2.05. The smallest absolute Gasteiger partial charge is 0.119 e. The summed E-state index contributed by atoms with van der Waals surface area (Å²) >= 11 is 1.70. The van der Waals surface area contributed by atoms with Gasteiger partial charge in [-0.15, -0.1) is 11.3 Å². The summed E-state index contributed by atoms with van der Waals surface area (Å²) in [6, 6.07) is 8.01. The summed E-state index contributed by atoms with van der Waals surface area (Å²) < 4.78 is 5.24. The molecule has 1 N–H and O–H groups in total. The number of methoxy groups -OCH3 is 1. The van der Waals surface area contributed by atoms with Crippen LogP contribution in [0.4, 0.5) is 0 Å². The predicted octanol–water partition coefficient (Wildman–Crippen LogP) is 3.56. The maximum Gasteiger partial charge on any atom is 0.119 e. The minimum atomic E-state index is 0.665. The lowest BCUT2D eigenvalue weighted by Gasteiger charge is -2.04. The van der Waals surface area contributed by atoms with Gasteiger partial charge in [-0.25, -0.2) is 4.98 Å². The number of ether oxygens (including phenoxy) is 1. The molecule has 19 heavy (non-hydrogen) atoms. The molecule has 3 nitrogen and oxygen atoms in total. The summed E-state index contributed by atoms with van der Waals surface area (Å²) in [5.41, 5.74) is 2.12. The Kier molecular flexibility index (Phi) is 4.93. The third kappa shape index (κ3) is 4.04. The monoisotopic (exact) mass is 276 g/mol. The van der Waals surface area contributed by atoms with Crippen LogP contribution < -0.4 is 10.1 Å². The highest BCUT2D eigenvalue weighted by atomic mass is 32.1. The minimum absolute atomic E-state index is 0.665. The first-order chi connectivity index (χ1) is 9.19. The molecule has 1 heterocycles. The number of nitrogens with zero attached hydrogens (tertiary/aromatic N) is 1. The Morgan fingerprint density at radius 1 is 1.37 bits per heavy atom. The van der Waals surface area contributed by atoms with Crippen LogP contribution in [0.25, 0.3) is 11.3 Å². The highest BCUT2D eigenvalue weighted by Crippen LogP contribution is 2.25. The van der Waals surface area contributed by atoms with Gasteiger partial charge in [0.05, 0.1) is 12.8 Å². The zero-order valence-electron chi connectivity index (χ0n) is 11.6. The molecule has 0 aliphatic rings. The number of rotatable bonds is 6. The fourth-order valence-corrected chi connectivity index (χ4v) is 2.55. The number of aromatic nitrogens is 1. The van der Waals surface area contributed by atoms with E-state index in [4.69, 9.17) is 4.74 Å². The molecule has 0 unspecified atom stereocenters. The van der Waals surface area contributed by atoms with Crippen molar-refractivity contribution >= 4 is 11.3 Å². The topological polar surface area (TPSA) is 34.1 Å². The summed E-state index contributed by atoms with van der Waals surface area (Å²) in [6.45, 7) is 6.27. The molecule has 0 atom stereocenters. The second-order valence-corrected chi connectivity index (χ2v) is 5.83. The van der Waals surface area contributed by atoms with Crippen LogP contribution in [-0.4, -0.2) is 18.6 Å². The normalized spacial score (nSPS) is 10.9. The lowest BCUT2D eigenvalue weighted by Crippen LogP contribution is -2.18. The second kappa shape index (κ2) is 6.68. The van der Waals surface area contributed by atoms with Gasteiger partial charge in [0.15, 0.2) is 0 Å². The van der Waals surface area contributed by atoms with Crippen molar-refractivity contribution in [1.82, 2.24) is 10.3 Å². The zero-order valence-corrected chi connectivity index (χ0v) is 12.5. The first-order valence-corrected chi connectivity index (χ1v) is 7.36. The number of thiazole rings is 1. The zero-order chi connectivity index (χ0) is 13.7. The van der Waals surface area contributed by atoms with Crippen LogP contribution in [0.1, 0.15) is 18.9 Å². The second-order valence-electron chi connectivity index (χ2n) is 4.88. The maximum absolute atomic E-state index is 5.24. The third-order valence-corrected chi connectivity index (χ3v) is 3.59. The summed E-state index contributed by atoms with van der Waals surface area (Å²) in [7, 11) is 1.68. The van der Waals surface area contributed by atoms with Crippen molar-refractivity contribution in [2.75, 3.05) is 13.7 Å². The number of benzene rings is 1. The van der Waals surface area contributed by atoms with Gasteiger partial charge in [-0.2, -0.15) is 0 Å². The molecule has 0 fully saturated rings. The first kappa shape index (κ1) is 14.0. The van der Waals surface area contributed by atoms with Gasteiger partial charge in [0, 0.05) is 17.5 Å².